The maximum Gasteiger partial charge on any atom is 0.0899 e. The minimum absolute atomic E-state index is 0.381. The van der Waals surface area contributed by atoms with Crippen molar-refractivity contribution in [2.45, 2.75) is 32.8 Å². The second kappa shape index (κ2) is 7.14. The van der Waals surface area contributed by atoms with Gasteiger partial charge in [-0.3, -0.25) is 0 Å². The molecule has 0 aromatic carbocycles. The first-order valence-corrected chi connectivity index (χ1v) is 6.56. The Kier molecular flexibility index (Phi) is 6.17. The van der Waals surface area contributed by atoms with E-state index >= 15 is 0 Å². The van der Waals surface area contributed by atoms with Gasteiger partial charge in [-0.25, -0.2) is 0 Å². The molecule has 0 bridgehead atoms. The number of nitrogens with zero attached hydrogens (tertiary/aromatic N) is 1. The largest absolute Gasteiger partial charge is 0.389 e. The molecule has 0 aromatic heterocycles. The zero-order valence-corrected chi connectivity index (χ0v) is 11.6. The van der Waals surface area contributed by atoms with Gasteiger partial charge in [0, 0.05) is 20.2 Å². The van der Waals surface area contributed by atoms with Gasteiger partial charge in [0.2, 0.25) is 0 Å². The SMILES string of the molecule is COCC(O)CN(C)CC1C(C)=CCCC1C. The zero-order valence-electron chi connectivity index (χ0n) is 11.6. The second-order valence-electron chi connectivity index (χ2n) is 5.44. The fraction of sp³-hybridized carbons (Fsp3) is 0.857. The summed E-state index contributed by atoms with van der Waals surface area (Å²) < 4.78 is 4.95. The van der Waals surface area contributed by atoms with Crippen LogP contribution in [0.3, 0.4) is 0 Å². The molecule has 1 rings (SSSR count). The van der Waals surface area contributed by atoms with Gasteiger partial charge >= 0.3 is 0 Å². The average molecular weight is 241 g/mol. The number of rotatable bonds is 6. The van der Waals surface area contributed by atoms with E-state index in [0.717, 1.165) is 12.5 Å². The number of ether oxygens (including phenoxy) is 1. The molecule has 1 N–H and O–H groups in total. The fourth-order valence-electron chi connectivity index (χ4n) is 2.71. The van der Waals surface area contributed by atoms with Gasteiger partial charge in [0.1, 0.15) is 0 Å². The molecule has 1 aliphatic rings. The number of methoxy groups -OCH3 is 1. The van der Waals surface area contributed by atoms with Crippen LogP contribution in [0.25, 0.3) is 0 Å². The lowest BCUT2D eigenvalue weighted by atomic mass is 9.80. The molecule has 3 heteroatoms. The van der Waals surface area contributed by atoms with Crippen LogP contribution in [0.5, 0.6) is 0 Å². The van der Waals surface area contributed by atoms with E-state index in [1.165, 1.54) is 18.4 Å². The van der Waals surface area contributed by atoms with E-state index in [0.29, 0.717) is 19.1 Å². The standard InChI is InChI=1S/C14H27NO2/c1-11-6-5-7-12(2)14(11)9-15(3)8-13(16)10-17-4/h6,12-14,16H,5,7-10H2,1-4H3. The van der Waals surface area contributed by atoms with E-state index < -0.39 is 0 Å². The molecule has 100 valence electrons. The van der Waals surface area contributed by atoms with E-state index in [1.807, 2.05) is 0 Å². The van der Waals surface area contributed by atoms with Crippen LogP contribution in [-0.2, 0) is 4.74 Å². The van der Waals surface area contributed by atoms with Crippen LogP contribution >= 0.6 is 0 Å². The van der Waals surface area contributed by atoms with E-state index in [2.05, 4.69) is 31.9 Å². The zero-order chi connectivity index (χ0) is 12.8. The number of hydrogen-bond donors (Lipinski definition) is 1. The Morgan fingerprint density at radius 3 is 2.88 bits per heavy atom. The predicted octanol–water partition coefficient (Wildman–Crippen LogP) is 1.92. The molecular formula is C14H27NO2. The highest BCUT2D eigenvalue weighted by Crippen LogP contribution is 2.30. The molecule has 3 atom stereocenters. The predicted molar refractivity (Wildman–Crippen MR) is 71.0 cm³/mol. The Morgan fingerprint density at radius 1 is 1.59 bits per heavy atom. The van der Waals surface area contributed by atoms with Gasteiger partial charge in [-0.05, 0) is 38.6 Å². The van der Waals surface area contributed by atoms with Crippen LogP contribution in [0.15, 0.2) is 11.6 Å². The van der Waals surface area contributed by atoms with Gasteiger partial charge in [0.25, 0.3) is 0 Å². The first-order valence-electron chi connectivity index (χ1n) is 6.56. The molecule has 3 unspecified atom stereocenters. The smallest absolute Gasteiger partial charge is 0.0899 e. The quantitative estimate of drug-likeness (QED) is 0.721. The van der Waals surface area contributed by atoms with Crippen molar-refractivity contribution >= 4 is 0 Å². The van der Waals surface area contributed by atoms with E-state index in [4.69, 9.17) is 4.74 Å². The first kappa shape index (κ1) is 14.7. The monoisotopic (exact) mass is 241 g/mol. The number of likely N-dealkylation sites (N-methyl/N-ethyl adjacent to an activating group) is 1. The van der Waals surface area contributed by atoms with Crippen LogP contribution < -0.4 is 0 Å². The first-order chi connectivity index (χ1) is 8.04. The van der Waals surface area contributed by atoms with Crippen molar-refractivity contribution in [2.24, 2.45) is 11.8 Å². The molecular weight excluding hydrogens is 214 g/mol. The summed E-state index contributed by atoms with van der Waals surface area (Å²) in [6.07, 6.45) is 4.49. The van der Waals surface area contributed by atoms with Gasteiger partial charge in [-0.2, -0.15) is 0 Å². The van der Waals surface area contributed by atoms with Crippen molar-refractivity contribution in [1.29, 1.82) is 0 Å². The van der Waals surface area contributed by atoms with Crippen molar-refractivity contribution in [3.63, 3.8) is 0 Å². The molecule has 0 heterocycles. The van der Waals surface area contributed by atoms with E-state index in [1.54, 1.807) is 7.11 Å². The Morgan fingerprint density at radius 2 is 2.29 bits per heavy atom. The summed E-state index contributed by atoms with van der Waals surface area (Å²) in [5.41, 5.74) is 1.51. The van der Waals surface area contributed by atoms with Crippen LogP contribution in [0.1, 0.15) is 26.7 Å². The van der Waals surface area contributed by atoms with Gasteiger partial charge < -0.3 is 14.7 Å². The average Bonchev–Trinajstić information content (AvgIpc) is 2.24. The van der Waals surface area contributed by atoms with Crippen molar-refractivity contribution < 1.29 is 9.84 Å². The minimum atomic E-state index is -0.381. The summed E-state index contributed by atoms with van der Waals surface area (Å²) in [6, 6.07) is 0. The maximum absolute atomic E-state index is 9.70. The molecule has 0 saturated carbocycles. The summed E-state index contributed by atoms with van der Waals surface area (Å²) in [7, 11) is 3.70. The lowest BCUT2D eigenvalue weighted by Gasteiger charge is -2.33. The molecule has 0 radical (unpaired) electrons. The third-order valence-electron chi connectivity index (χ3n) is 3.75. The Labute approximate surface area is 105 Å². The topological polar surface area (TPSA) is 32.7 Å². The molecule has 0 aliphatic heterocycles. The molecule has 0 fully saturated rings. The Hall–Kier alpha value is -0.380. The highest BCUT2D eigenvalue weighted by atomic mass is 16.5. The summed E-state index contributed by atoms with van der Waals surface area (Å²) in [5.74, 6) is 1.39. The lowest BCUT2D eigenvalue weighted by Crippen LogP contribution is -2.37. The van der Waals surface area contributed by atoms with E-state index in [-0.39, 0.29) is 6.10 Å². The third kappa shape index (κ3) is 4.78. The van der Waals surface area contributed by atoms with Gasteiger partial charge in [0.15, 0.2) is 0 Å². The number of hydrogen-bond acceptors (Lipinski definition) is 3. The lowest BCUT2D eigenvalue weighted by molar-refractivity contribution is 0.0395. The maximum atomic E-state index is 9.70. The Balaban J connectivity index is 2.41. The van der Waals surface area contributed by atoms with Crippen LogP contribution in [0.4, 0.5) is 0 Å². The molecule has 1 aliphatic carbocycles. The normalized spacial score (nSPS) is 27.1. The van der Waals surface area contributed by atoms with Crippen molar-refractivity contribution in [1.82, 2.24) is 4.90 Å². The van der Waals surface area contributed by atoms with Gasteiger partial charge in [-0.15, -0.1) is 0 Å². The highest BCUT2D eigenvalue weighted by molar-refractivity contribution is 5.09. The molecule has 0 saturated heterocycles. The fourth-order valence-corrected chi connectivity index (χ4v) is 2.71. The number of aliphatic hydroxyl groups excluding tert-OH is 1. The highest BCUT2D eigenvalue weighted by Gasteiger charge is 2.23. The van der Waals surface area contributed by atoms with Crippen LogP contribution in [-0.4, -0.2) is 50.0 Å². The van der Waals surface area contributed by atoms with Crippen molar-refractivity contribution in [3.05, 3.63) is 11.6 Å². The molecule has 0 spiro atoms. The third-order valence-corrected chi connectivity index (χ3v) is 3.75. The molecule has 17 heavy (non-hydrogen) atoms. The van der Waals surface area contributed by atoms with Gasteiger partial charge in [-0.1, -0.05) is 18.6 Å². The summed E-state index contributed by atoms with van der Waals surface area (Å²) >= 11 is 0. The van der Waals surface area contributed by atoms with E-state index in [9.17, 15) is 5.11 Å². The van der Waals surface area contributed by atoms with Crippen molar-refractivity contribution in [3.8, 4) is 0 Å². The molecule has 3 nitrogen and oxygen atoms in total. The van der Waals surface area contributed by atoms with Crippen molar-refractivity contribution in [2.75, 3.05) is 33.9 Å². The molecule has 0 amide bonds. The Bertz CT molecular complexity index is 253. The minimum Gasteiger partial charge on any atom is -0.389 e. The second-order valence-corrected chi connectivity index (χ2v) is 5.44. The summed E-state index contributed by atoms with van der Waals surface area (Å²) in [5, 5.41) is 9.70. The van der Waals surface area contributed by atoms with Gasteiger partial charge in [0.05, 0.1) is 12.7 Å². The van der Waals surface area contributed by atoms with Crippen LogP contribution in [0.2, 0.25) is 0 Å². The van der Waals surface area contributed by atoms with Crippen LogP contribution in [0, 0.1) is 11.8 Å². The number of allylic oxidation sites excluding steroid dienone is 1. The summed E-state index contributed by atoms with van der Waals surface area (Å²) in [6.45, 7) is 6.70. The number of aliphatic hydroxyl groups is 1. The molecule has 0 aromatic rings. The summed E-state index contributed by atoms with van der Waals surface area (Å²) in [4.78, 5) is 2.22.